The second-order valence-corrected chi connectivity index (χ2v) is 4.57. The van der Waals surface area contributed by atoms with Crippen molar-refractivity contribution in [3.63, 3.8) is 0 Å². The number of anilines is 1. The Morgan fingerprint density at radius 3 is 2.85 bits per heavy atom. The fourth-order valence-electron chi connectivity index (χ4n) is 1.61. The molecule has 0 saturated heterocycles. The summed E-state index contributed by atoms with van der Waals surface area (Å²) in [6, 6.07) is 7.64. The Hall–Kier alpha value is -2.34. The molecule has 7 heteroatoms. The van der Waals surface area contributed by atoms with Crippen molar-refractivity contribution in [3.05, 3.63) is 56.7 Å². The number of aromatic nitrogens is 1. The van der Waals surface area contributed by atoms with Gasteiger partial charge in [-0.15, -0.1) is 0 Å². The van der Waals surface area contributed by atoms with Gasteiger partial charge in [-0.2, -0.15) is 0 Å². The number of nitrogens with two attached hydrogens (primary N) is 1. The molecule has 1 aromatic heterocycles. The summed E-state index contributed by atoms with van der Waals surface area (Å²) >= 11 is 5.98. The van der Waals surface area contributed by atoms with Gasteiger partial charge in [-0.25, -0.2) is 4.98 Å². The number of hydrogen-bond donors (Lipinski definition) is 1. The molecule has 1 aromatic carbocycles. The van der Waals surface area contributed by atoms with Crippen molar-refractivity contribution < 1.29 is 9.66 Å². The topological polar surface area (TPSA) is 91.3 Å². The highest BCUT2D eigenvalue weighted by atomic mass is 35.5. The third-order valence-corrected chi connectivity index (χ3v) is 3.03. The summed E-state index contributed by atoms with van der Waals surface area (Å²) in [6.45, 7) is 1.89. The Labute approximate surface area is 120 Å². The van der Waals surface area contributed by atoms with Crippen molar-refractivity contribution in [1.29, 1.82) is 0 Å². The van der Waals surface area contributed by atoms with E-state index in [1.807, 2.05) is 0 Å². The molecule has 0 aliphatic rings. The van der Waals surface area contributed by atoms with Crippen LogP contribution in [0.3, 0.4) is 0 Å². The molecule has 0 unspecified atom stereocenters. The summed E-state index contributed by atoms with van der Waals surface area (Å²) in [5.41, 5.74) is 6.82. The Kier molecular flexibility index (Phi) is 4.05. The zero-order chi connectivity index (χ0) is 14.7. The lowest BCUT2D eigenvalue weighted by molar-refractivity contribution is -0.385. The van der Waals surface area contributed by atoms with E-state index >= 15 is 0 Å². The van der Waals surface area contributed by atoms with E-state index in [1.54, 1.807) is 25.1 Å². The lowest BCUT2D eigenvalue weighted by Crippen LogP contribution is -2.03. The summed E-state index contributed by atoms with van der Waals surface area (Å²) in [4.78, 5) is 14.3. The number of rotatable bonds is 4. The zero-order valence-electron chi connectivity index (χ0n) is 10.7. The van der Waals surface area contributed by atoms with Crippen molar-refractivity contribution >= 4 is 23.1 Å². The average molecular weight is 294 g/mol. The van der Waals surface area contributed by atoms with Gasteiger partial charge in [0.1, 0.15) is 18.2 Å². The largest absolute Gasteiger partial charge is 0.487 e. The second kappa shape index (κ2) is 5.75. The molecular formula is C13H12ClN3O3. The van der Waals surface area contributed by atoms with Crippen LogP contribution in [0.4, 0.5) is 11.5 Å². The molecule has 0 saturated carbocycles. The predicted octanol–water partition coefficient (Wildman–Crippen LogP) is 3.11. The summed E-state index contributed by atoms with van der Waals surface area (Å²) in [7, 11) is 0. The number of halogens is 1. The van der Waals surface area contributed by atoms with Crippen LogP contribution < -0.4 is 10.5 Å². The number of nitrogen functional groups attached to an aromatic ring is 1. The normalized spacial score (nSPS) is 10.3. The van der Waals surface area contributed by atoms with Crippen LogP contribution >= 0.6 is 11.6 Å². The van der Waals surface area contributed by atoms with Gasteiger partial charge in [-0.3, -0.25) is 10.1 Å². The first kappa shape index (κ1) is 14.1. The zero-order valence-corrected chi connectivity index (χ0v) is 11.4. The molecule has 0 aliphatic heterocycles. The minimum Gasteiger partial charge on any atom is -0.487 e. The minimum atomic E-state index is -0.474. The molecule has 2 rings (SSSR count). The molecular weight excluding hydrogens is 282 g/mol. The highest BCUT2D eigenvalue weighted by Crippen LogP contribution is 2.25. The molecule has 0 aliphatic carbocycles. The molecule has 0 fully saturated rings. The van der Waals surface area contributed by atoms with Crippen LogP contribution in [0, 0.1) is 17.0 Å². The molecule has 0 atom stereocenters. The summed E-state index contributed by atoms with van der Waals surface area (Å²) in [5, 5.41) is 11.2. The van der Waals surface area contributed by atoms with Crippen molar-refractivity contribution in [3.8, 4) is 5.75 Å². The monoisotopic (exact) mass is 293 g/mol. The first-order valence-electron chi connectivity index (χ1n) is 5.76. The van der Waals surface area contributed by atoms with Gasteiger partial charge >= 0.3 is 0 Å². The van der Waals surface area contributed by atoms with E-state index in [9.17, 15) is 10.1 Å². The fraction of sp³-hybridized carbons (Fsp3) is 0.154. The van der Waals surface area contributed by atoms with Gasteiger partial charge in [-0.05, 0) is 30.7 Å². The van der Waals surface area contributed by atoms with Crippen LogP contribution in [0.2, 0.25) is 5.02 Å². The van der Waals surface area contributed by atoms with E-state index in [1.165, 1.54) is 12.1 Å². The predicted molar refractivity (Wildman–Crippen MR) is 75.8 cm³/mol. The van der Waals surface area contributed by atoms with Gasteiger partial charge in [-0.1, -0.05) is 11.6 Å². The number of hydrogen-bond acceptors (Lipinski definition) is 5. The van der Waals surface area contributed by atoms with Crippen LogP contribution in [0.25, 0.3) is 0 Å². The number of ether oxygens (including phenoxy) is 1. The fourth-order valence-corrected chi connectivity index (χ4v) is 1.77. The molecule has 0 amide bonds. The van der Waals surface area contributed by atoms with Crippen LogP contribution in [-0.2, 0) is 6.61 Å². The number of aryl methyl sites for hydroxylation is 1. The molecule has 0 spiro atoms. The number of nitrogens with zero attached hydrogens (tertiary/aromatic N) is 2. The van der Waals surface area contributed by atoms with Gasteiger partial charge in [0, 0.05) is 6.07 Å². The molecule has 104 valence electrons. The highest BCUT2D eigenvalue weighted by Gasteiger charge is 2.11. The molecule has 20 heavy (non-hydrogen) atoms. The molecule has 0 radical (unpaired) electrons. The smallest absolute Gasteiger partial charge is 0.273 e. The van der Waals surface area contributed by atoms with Crippen LogP contribution in [0.15, 0.2) is 30.3 Å². The third-order valence-electron chi connectivity index (χ3n) is 2.69. The Bertz CT molecular complexity index is 661. The van der Waals surface area contributed by atoms with E-state index in [0.29, 0.717) is 22.3 Å². The van der Waals surface area contributed by atoms with E-state index < -0.39 is 4.92 Å². The van der Waals surface area contributed by atoms with Gasteiger partial charge in [0.25, 0.3) is 5.69 Å². The van der Waals surface area contributed by atoms with Gasteiger partial charge < -0.3 is 10.5 Å². The number of benzene rings is 1. The minimum absolute atomic E-state index is 0.0303. The lowest BCUT2D eigenvalue weighted by atomic mass is 10.2. The first-order chi connectivity index (χ1) is 9.47. The van der Waals surface area contributed by atoms with Gasteiger partial charge in [0.15, 0.2) is 0 Å². The number of pyridine rings is 1. The number of nitro groups is 1. The molecule has 6 nitrogen and oxygen atoms in total. The quantitative estimate of drug-likeness (QED) is 0.691. The standard InChI is InChI=1S/C13H12ClN3O3/c1-8-2-3-9(17(18)19)6-12(8)20-7-11-10(14)4-5-13(15)16-11/h2-6H,7H2,1H3,(H2,15,16). The van der Waals surface area contributed by atoms with Crippen molar-refractivity contribution in [1.82, 2.24) is 4.98 Å². The Morgan fingerprint density at radius 2 is 2.15 bits per heavy atom. The highest BCUT2D eigenvalue weighted by molar-refractivity contribution is 6.31. The average Bonchev–Trinajstić information content (AvgIpc) is 2.41. The number of nitro benzene ring substituents is 1. The second-order valence-electron chi connectivity index (χ2n) is 4.16. The summed E-state index contributed by atoms with van der Waals surface area (Å²) in [6.07, 6.45) is 0. The summed E-state index contributed by atoms with van der Waals surface area (Å²) < 4.78 is 5.54. The van der Waals surface area contributed by atoms with Crippen molar-refractivity contribution in [2.24, 2.45) is 0 Å². The van der Waals surface area contributed by atoms with E-state index in [-0.39, 0.29) is 12.3 Å². The van der Waals surface area contributed by atoms with Gasteiger partial charge in [0.2, 0.25) is 0 Å². The summed E-state index contributed by atoms with van der Waals surface area (Å²) in [5.74, 6) is 0.753. The maximum Gasteiger partial charge on any atom is 0.273 e. The SMILES string of the molecule is Cc1ccc([N+](=O)[O-])cc1OCc1nc(N)ccc1Cl. The van der Waals surface area contributed by atoms with E-state index in [2.05, 4.69) is 4.98 Å². The first-order valence-corrected chi connectivity index (χ1v) is 6.14. The molecule has 2 N–H and O–H groups in total. The van der Waals surface area contributed by atoms with E-state index in [0.717, 1.165) is 5.56 Å². The van der Waals surface area contributed by atoms with Gasteiger partial charge in [0.05, 0.1) is 21.7 Å². The Balaban J connectivity index is 2.20. The lowest BCUT2D eigenvalue weighted by Gasteiger charge is -2.09. The Morgan fingerprint density at radius 1 is 1.40 bits per heavy atom. The van der Waals surface area contributed by atoms with Crippen molar-refractivity contribution in [2.45, 2.75) is 13.5 Å². The van der Waals surface area contributed by atoms with E-state index in [4.69, 9.17) is 22.1 Å². The maximum absolute atomic E-state index is 10.7. The molecule has 1 heterocycles. The van der Waals surface area contributed by atoms with Crippen molar-refractivity contribution in [2.75, 3.05) is 5.73 Å². The van der Waals surface area contributed by atoms with Crippen LogP contribution in [0.5, 0.6) is 5.75 Å². The molecule has 0 bridgehead atoms. The maximum atomic E-state index is 10.7. The van der Waals surface area contributed by atoms with Crippen LogP contribution in [0.1, 0.15) is 11.3 Å². The van der Waals surface area contributed by atoms with Crippen LogP contribution in [-0.4, -0.2) is 9.91 Å². The molecule has 2 aromatic rings. The number of non-ortho nitro benzene ring substituents is 1. The third kappa shape index (κ3) is 3.16.